The van der Waals surface area contributed by atoms with Crippen molar-refractivity contribution in [1.29, 1.82) is 0 Å². The van der Waals surface area contributed by atoms with Crippen molar-refractivity contribution < 1.29 is 4.39 Å². The number of halogens is 1. The van der Waals surface area contributed by atoms with Crippen LogP contribution in [-0.2, 0) is 6.54 Å². The lowest BCUT2D eigenvalue weighted by Gasteiger charge is -2.17. The quantitative estimate of drug-likeness (QED) is 0.444. The number of hydrogen-bond donors (Lipinski definition) is 2. The maximum atomic E-state index is 13.4. The average molecular weight is 416 g/mol. The number of nitrogens with zero attached hydrogens (tertiary/aromatic N) is 3. The summed E-state index contributed by atoms with van der Waals surface area (Å²) in [6.07, 6.45) is 1.84. The fourth-order valence-corrected chi connectivity index (χ4v) is 3.50. The molecule has 0 amide bonds. The summed E-state index contributed by atoms with van der Waals surface area (Å²) in [7, 11) is 5.91. The molecule has 0 bridgehead atoms. The minimum atomic E-state index is -0.268. The Kier molecular flexibility index (Phi) is 5.62. The van der Waals surface area contributed by atoms with Crippen LogP contribution in [0.2, 0.25) is 0 Å². The molecule has 31 heavy (non-hydrogen) atoms. The smallest absolute Gasteiger partial charge is 0.123 e. The van der Waals surface area contributed by atoms with Crippen LogP contribution in [0.3, 0.4) is 0 Å². The van der Waals surface area contributed by atoms with Crippen LogP contribution in [0.1, 0.15) is 11.1 Å². The number of benzene rings is 3. The highest BCUT2D eigenvalue weighted by atomic mass is 19.1. The highest BCUT2D eigenvalue weighted by Crippen LogP contribution is 2.30. The molecule has 0 radical (unpaired) electrons. The van der Waals surface area contributed by atoms with Crippen molar-refractivity contribution in [2.75, 3.05) is 31.4 Å². The molecule has 0 saturated heterocycles. The summed E-state index contributed by atoms with van der Waals surface area (Å²) in [5, 5.41) is 12.1. The topological polar surface area (TPSA) is 45.1 Å². The van der Waals surface area contributed by atoms with Gasteiger partial charge in [-0.05, 0) is 54.1 Å². The molecular formula is C25H26FN5. The Bertz CT molecular complexity index is 1210. The van der Waals surface area contributed by atoms with E-state index in [0.717, 1.165) is 39.2 Å². The summed E-state index contributed by atoms with van der Waals surface area (Å²) in [5.74, 6) is -0.268. The SMILES string of the molecule is C=C(NCc1ccc(NC)cc1)c1cc(N(C)C)cc2c1cnn2-c1ccc(F)cc1. The first-order valence-electron chi connectivity index (χ1n) is 10.1. The number of nitrogens with one attached hydrogen (secondary N) is 2. The molecule has 0 fully saturated rings. The van der Waals surface area contributed by atoms with Gasteiger partial charge in [-0.2, -0.15) is 5.10 Å². The predicted octanol–water partition coefficient (Wildman–Crippen LogP) is 5.03. The van der Waals surface area contributed by atoms with Gasteiger partial charge in [-0.3, -0.25) is 0 Å². The third-order valence-electron chi connectivity index (χ3n) is 5.33. The fraction of sp³-hybridized carbons (Fsp3) is 0.160. The van der Waals surface area contributed by atoms with Gasteiger partial charge in [-0.25, -0.2) is 9.07 Å². The molecular weight excluding hydrogens is 389 g/mol. The van der Waals surface area contributed by atoms with Gasteiger partial charge in [-0.1, -0.05) is 18.7 Å². The van der Waals surface area contributed by atoms with Crippen LogP contribution >= 0.6 is 0 Å². The van der Waals surface area contributed by atoms with Crippen LogP contribution in [0.15, 0.2) is 73.4 Å². The van der Waals surface area contributed by atoms with E-state index in [0.29, 0.717) is 6.54 Å². The molecule has 0 aliphatic carbocycles. The number of aromatic nitrogens is 2. The maximum absolute atomic E-state index is 13.4. The second kappa shape index (κ2) is 8.52. The fourth-order valence-electron chi connectivity index (χ4n) is 3.50. The van der Waals surface area contributed by atoms with Gasteiger partial charge in [0.1, 0.15) is 5.82 Å². The molecule has 2 N–H and O–H groups in total. The van der Waals surface area contributed by atoms with Gasteiger partial charge in [0.15, 0.2) is 0 Å². The Morgan fingerprint density at radius 2 is 1.77 bits per heavy atom. The largest absolute Gasteiger partial charge is 0.388 e. The van der Waals surface area contributed by atoms with E-state index in [9.17, 15) is 4.39 Å². The zero-order valence-corrected chi connectivity index (χ0v) is 18.0. The van der Waals surface area contributed by atoms with Gasteiger partial charge in [0.25, 0.3) is 0 Å². The third kappa shape index (κ3) is 4.23. The van der Waals surface area contributed by atoms with Crippen molar-refractivity contribution in [3.05, 3.63) is 90.4 Å². The molecule has 5 nitrogen and oxygen atoms in total. The molecule has 0 spiro atoms. The van der Waals surface area contributed by atoms with E-state index in [4.69, 9.17) is 0 Å². The normalized spacial score (nSPS) is 10.8. The summed E-state index contributed by atoms with van der Waals surface area (Å²) in [5.41, 5.74) is 6.84. The van der Waals surface area contributed by atoms with E-state index >= 15 is 0 Å². The van der Waals surface area contributed by atoms with Gasteiger partial charge < -0.3 is 15.5 Å². The standard InChI is InChI=1S/C25H26FN5/c1-17(28-15-18-5-9-20(27-2)10-6-18)23-13-22(30(3)4)14-25-24(23)16-29-31(25)21-11-7-19(26)8-12-21/h5-14,16,27-28H,1,15H2,2-4H3. The average Bonchev–Trinajstić information content (AvgIpc) is 3.21. The zero-order chi connectivity index (χ0) is 22.0. The molecule has 1 heterocycles. The van der Waals surface area contributed by atoms with E-state index in [2.05, 4.69) is 63.6 Å². The summed E-state index contributed by atoms with van der Waals surface area (Å²) >= 11 is 0. The van der Waals surface area contributed by atoms with Gasteiger partial charge in [0.05, 0.1) is 17.4 Å². The Hall–Kier alpha value is -3.80. The molecule has 4 aromatic rings. The van der Waals surface area contributed by atoms with Crippen LogP contribution in [0.4, 0.5) is 15.8 Å². The lowest BCUT2D eigenvalue weighted by molar-refractivity contribution is 0.627. The third-order valence-corrected chi connectivity index (χ3v) is 5.33. The van der Waals surface area contributed by atoms with Crippen molar-refractivity contribution in [1.82, 2.24) is 15.1 Å². The van der Waals surface area contributed by atoms with Gasteiger partial charge in [0.2, 0.25) is 0 Å². The lowest BCUT2D eigenvalue weighted by atomic mass is 10.1. The van der Waals surface area contributed by atoms with Crippen molar-refractivity contribution in [3.8, 4) is 5.69 Å². The molecule has 0 atom stereocenters. The van der Waals surface area contributed by atoms with Crippen molar-refractivity contribution in [2.24, 2.45) is 0 Å². The number of hydrogen-bond acceptors (Lipinski definition) is 4. The van der Waals surface area contributed by atoms with Gasteiger partial charge in [-0.15, -0.1) is 0 Å². The monoisotopic (exact) mass is 415 g/mol. The zero-order valence-electron chi connectivity index (χ0n) is 18.0. The van der Waals surface area contributed by atoms with Crippen LogP contribution in [0, 0.1) is 5.82 Å². The van der Waals surface area contributed by atoms with Crippen LogP contribution in [0.25, 0.3) is 22.3 Å². The number of rotatable bonds is 7. The van der Waals surface area contributed by atoms with Gasteiger partial charge >= 0.3 is 0 Å². The van der Waals surface area contributed by atoms with Crippen LogP contribution < -0.4 is 15.5 Å². The minimum Gasteiger partial charge on any atom is -0.388 e. The maximum Gasteiger partial charge on any atom is 0.123 e. The van der Waals surface area contributed by atoms with Crippen molar-refractivity contribution in [3.63, 3.8) is 0 Å². The van der Waals surface area contributed by atoms with Crippen molar-refractivity contribution >= 4 is 28.0 Å². The second-order valence-corrected chi connectivity index (χ2v) is 7.63. The summed E-state index contributed by atoms with van der Waals surface area (Å²) in [6.45, 7) is 4.96. The first kappa shape index (κ1) is 20.5. The first-order chi connectivity index (χ1) is 15.0. The highest BCUT2D eigenvalue weighted by molar-refractivity contribution is 5.94. The van der Waals surface area contributed by atoms with Crippen LogP contribution in [-0.4, -0.2) is 30.9 Å². The summed E-state index contributed by atoms with van der Waals surface area (Å²) < 4.78 is 15.2. The van der Waals surface area contributed by atoms with Crippen molar-refractivity contribution in [2.45, 2.75) is 6.54 Å². The van der Waals surface area contributed by atoms with Crippen LogP contribution in [0.5, 0.6) is 0 Å². The Labute approximate surface area is 181 Å². The molecule has 1 aromatic heterocycles. The van der Waals surface area contributed by atoms with E-state index < -0.39 is 0 Å². The second-order valence-electron chi connectivity index (χ2n) is 7.63. The number of fused-ring (bicyclic) bond motifs is 1. The molecule has 6 heteroatoms. The van der Waals surface area contributed by atoms with E-state index in [1.165, 1.54) is 17.7 Å². The molecule has 0 aliphatic heterocycles. The molecule has 0 saturated carbocycles. The van der Waals surface area contributed by atoms with E-state index in [1.54, 1.807) is 12.1 Å². The lowest BCUT2D eigenvalue weighted by Crippen LogP contribution is -2.13. The Morgan fingerprint density at radius 3 is 2.42 bits per heavy atom. The Morgan fingerprint density at radius 1 is 1.06 bits per heavy atom. The highest BCUT2D eigenvalue weighted by Gasteiger charge is 2.14. The molecule has 4 rings (SSSR count). The summed E-state index contributed by atoms with van der Waals surface area (Å²) in [6, 6.07) is 18.8. The van der Waals surface area contributed by atoms with E-state index in [-0.39, 0.29) is 5.82 Å². The molecule has 158 valence electrons. The minimum absolute atomic E-state index is 0.268. The predicted molar refractivity (Wildman–Crippen MR) is 127 cm³/mol. The molecule has 0 aliphatic rings. The first-order valence-corrected chi connectivity index (χ1v) is 10.1. The molecule has 0 unspecified atom stereocenters. The van der Waals surface area contributed by atoms with E-state index in [1.807, 2.05) is 32.0 Å². The summed E-state index contributed by atoms with van der Waals surface area (Å²) in [4.78, 5) is 2.05. The van der Waals surface area contributed by atoms with Gasteiger partial charge in [0, 0.05) is 55.7 Å². The molecule has 3 aromatic carbocycles. The number of anilines is 2. The Balaban J connectivity index is 1.68.